The fraction of sp³-hybridized carbons (Fsp3) is 0.400. The van der Waals surface area contributed by atoms with Gasteiger partial charge >= 0.3 is 0 Å². The number of benzene rings is 2. The van der Waals surface area contributed by atoms with Gasteiger partial charge in [0.25, 0.3) is 0 Å². The van der Waals surface area contributed by atoms with Crippen molar-refractivity contribution in [2.24, 2.45) is 5.92 Å². The Morgan fingerprint density at radius 3 is 2.35 bits per heavy atom. The van der Waals surface area contributed by atoms with Gasteiger partial charge in [0.15, 0.2) is 0 Å². The molecule has 2 aromatic rings. The van der Waals surface area contributed by atoms with E-state index in [1.807, 2.05) is 0 Å². The van der Waals surface area contributed by atoms with E-state index in [2.05, 4.69) is 55.5 Å². The summed E-state index contributed by atoms with van der Waals surface area (Å²) >= 11 is 0. The molecule has 0 bridgehead atoms. The monoisotopic (exact) mass is 262 g/mol. The van der Waals surface area contributed by atoms with Crippen molar-refractivity contribution in [3.8, 4) is 0 Å². The van der Waals surface area contributed by atoms with E-state index in [0.717, 1.165) is 5.92 Å². The van der Waals surface area contributed by atoms with E-state index < -0.39 is 0 Å². The lowest BCUT2D eigenvalue weighted by atomic mass is 9.69. The molecule has 0 aliphatic heterocycles. The lowest BCUT2D eigenvalue weighted by molar-refractivity contribution is 0.324. The molecular formula is C20H22. The minimum atomic E-state index is 0.323. The summed E-state index contributed by atoms with van der Waals surface area (Å²) in [7, 11) is 0. The Balaban J connectivity index is 1.94. The number of hydrogen-bond donors (Lipinski definition) is 0. The minimum Gasteiger partial charge on any atom is -0.0654 e. The molecule has 0 N–H and O–H groups in total. The molecule has 1 spiro atoms. The molecule has 0 nitrogen and oxygen atoms in total. The molecule has 20 heavy (non-hydrogen) atoms. The van der Waals surface area contributed by atoms with Gasteiger partial charge in [0.2, 0.25) is 0 Å². The van der Waals surface area contributed by atoms with E-state index >= 15 is 0 Å². The van der Waals surface area contributed by atoms with Crippen LogP contribution in [0.3, 0.4) is 0 Å². The molecule has 0 aromatic heterocycles. The molecule has 0 saturated heterocycles. The van der Waals surface area contributed by atoms with Gasteiger partial charge in [-0.25, -0.2) is 0 Å². The van der Waals surface area contributed by atoms with Crippen LogP contribution in [0.1, 0.15) is 48.4 Å². The highest BCUT2D eigenvalue weighted by Gasteiger charge is 2.50. The maximum atomic E-state index is 2.40. The quantitative estimate of drug-likeness (QED) is 0.722. The van der Waals surface area contributed by atoms with Crippen molar-refractivity contribution >= 4 is 0 Å². The third-order valence-electron chi connectivity index (χ3n) is 5.59. The summed E-state index contributed by atoms with van der Waals surface area (Å²) in [6.07, 6.45) is 6.49. The molecule has 0 heteroatoms. The molecule has 2 unspecified atom stereocenters. The smallest absolute Gasteiger partial charge is 0.0242 e. The Kier molecular flexibility index (Phi) is 2.73. The van der Waals surface area contributed by atoms with Crippen LogP contribution >= 0.6 is 0 Å². The first-order valence-corrected chi connectivity index (χ1v) is 8.03. The molecule has 102 valence electrons. The molecule has 2 aliphatic carbocycles. The SMILES string of the molecule is CCCC1Cc2ccccc2C12CCc1ccccc12. The van der Waals surface area contributed by atoms with Gasteiger partial charge in [-0.1, -0.05) is 61.9 Å². The number of fused-ring (bicyclic) bond motifs is 4. The molecule has 0 radical (unpaired) electrons. The zero-order chi connectivity index (χ0) is 13.6. The molecule has 0 fully saturated rings. The maximum Gasteiger partial charge on any atom is 0.0242 e. The third-order valence-corrected chi connectivity index (χ3v) is 5.59. The molecular weight excluding hydrogens is 240 g/mol. The van der Waals surface area contributed by atoms with Crippen LogP contribution in [0.2, 0.25) is 0 Å². The van der Waals surface area contributed by atoms with Crippen molar-refractivity contribution < 1.29 is 0 Å². The van der Waals surface area contributed by atoms with Gasteiger partial charge in [-0.2, -0.15) is 0 Å². The summed E-state index contributed by atoms with van der Waals surface area (Å²) in [5.74, 6) is 0.800. The van der Waals surface area contributed by atoms with Crippen molar-refractivity contribution in [1.82, 2.24) is 0 Å². The van der Waals surface area contributed by atoms with E-state index in [1.54, 1.807) is 22.3 Å². The van der Waals surface area contributed by atoms with E-state index in [9.17, 15) is 0 Å². The number of rotatable bonds is 2. The standard InChI is InChI=1S/C20H22/c1-2-7-17-14-16-9-4-6-11-19(16)20(17)13-12-15-8-3-5-10-18(15)20/h3-6,8-11,17H,2,7,12-14H2,1H3. The number of aryl methyl sites for hydroxylation is 1. The summed E-state index contributed by atoms with van der Waals surface area (Å²) in [6.45, 7) is 2.33. The second kappa shape index (κ2) is 4.48. The van der Waals surface area contributed by atoms with Crippen LogP contribution in [-0.2, 0) is 18.3 Å². The average Bonchev–Trinajstić information content (AvgIpc) is 3.02. The van der Waals surface area contributed by atoms with Crippen LogP contribution in [0.4, 0.5) is 0 Å². The highest BCUT2D eigenvalue weighted by Crippen LogP contribution is 2.56. The molecule has 2 atom stereocenters. The molecule has 2 aromatic carbocycles. The number of hydrogen-bond acceptors (Lipinski definition) is 0. The summed E-state index contributed by atoms with van der Waals surface area (Å²) < 4.78 is 0. The predicted octanol–water partition coefficient (Wildman–Crippen LogP) is 4.89. The van der Waals surface area contributed by atoms with Gasteiger partial charge in [-0.05, 0) is 53.9 Å². The first kappa shape index (κ1) is 12.2. The van der Waals surface area contributed by atoms with Gasteiger partial charge < -0.3 is 0 Å². The zero-order valence-corrected chi connectivity index (χ0v) is 12.2. The van der Waals surface area contributed by atoms with Gasteiger partial charge in [-0.15, -0.1) is 0 Å². The largest absolute Gasteiger partial charge is 0.0654 e. The summed E-state index contributed by atoms with van der Waals surface area (Å²) in [4.78, 5) is 0. The minimum absolute atomic E-state index is 0.323. The van der Waals surface area contributed by atoms with Gasteiger partial charge in [-0.3, -0.25) is 0 Å². The van der Waals surface area contributed by atoms with Crippen molar-refractivity contribution in [2.45, 2.75) is 44.4 Å². The second-order valence-electron chi connectivity index (χ2n) is 6.48. The van der Waals surface area contributed by atoms with Crippen LogP contribution in [0.15, 0.2) is 48.5 Å². The van der Waals surface area contributed by atoms with E-state index in [1.165, 1.54) is 32.1 Å². The Hall–Kier alpha value is -1.56. The molecule has 0 amide bonds. The topological polar surface area (TPSA) is 0 Å². The highest BCUT2D eigenvalue weighted by atomic mass is 14.5. The van der Waals surface area contributed by atoms with Crippen LogP contribution < -0.4 is 0 Å². The Labute approximate surface area is 121 Å². The van der Waals surface area contributed by atoms with Gasteiger partial charge in [0.1, 0.15) is 0 Å². The lowest BCUT2D eigenvalue weighted by Crippen LogP contribution is -2.30. The Morgan fingerprint density at radius 1 is 0.950 bits per heavy atom. The van der Waals surface area contributed by atoms with Crippen molar-refractivity contribution in [2.75, 3.05) is 0 Å². The van der Waals surface area contributed by atoms with Gasteiger partial charge in [0, 0.05) is 5.41 Å². The molecule has 2 aliphatic rings. The Morgan fingerprint density at radius 2 is 1.60 bits per heavy atom. The molecule has 0 saturated carbocycles. The van der Waals surface area contributed by atoms with Crippen molar-refractivity contribution in [3.63, 3.8) is 0 Å². The average molecular weight is 262 g/mol. The van der Waals surface area contributed by atoms with E-state index in [-0.39, 0.29) is 0 Å². The summed E-state index contributed by atoms with van der Waals surface area (Å²) in [5, 5.41) is 0. The zero-order valence-electron chi connectivity index (χ0n) is 12.2. The van der Waals surface area contributed by atoms with Crippen molar-refractivity contribution in [3.05, 3.63) is 70.8 Å². The van der Waals surface area contributed by atoms with Crippen LogP contribution in [0, 0.1) is 5.92 Å². The maximum absolute atomic E-state index is 2.40. The summed E-state index contributed by atoms with van der Waals surface area (Å²) in [6, 6.07) is 18.4. The van der Waals surface area contributed by atoms with Crippen molar-refractivity contribution in [1.29, 1.82) is 0 Å². The van der Waals surface area contributed by atoms with Crippen LogP contribution in [0.25, 0.3) is 0 Å². The fourth-order valence-electron chi connectivity index (χ4n) is 4.83. The van der Waals surface area contributed by atoms with E-state index in [0.29, 0.717) is 5.41 Å². The molecule has 4 rings (SSSR count). The fourth-order valence-corrected chi connectivity index (χ4v) is 4.83. The van der Waals surface area contributed by atoms with Crippen LogP contribution in [-0.4, -0.2) is 0 Å². The lowest BCUT2D eigenvalue weighted by Gasteiger charge is -2.34. The molecule has 0 heterocycles. The highest BCUT2D eigenvalue weighted by molar-refractivity contribution is 5.54. The first-order valence-electron chi connectivity index (χ1n) is 8.03. The van der Waals surface area contributed by atoms with Crippen LogP contribution in [0.5, 0.6) is 0 Å². The second-order valence-corrected chi connectivity index (χ2v) is 6.48. The Bertz CT molecular complexity index is 627. The predicted molar refractivity (Wildman–Crippen MR) is 84.1 cm³/mol. The third kappa shape index (κ3) is 1.48. The first-order chi connectivity index (χ1) is 9.86. The van der Waals surface area contributed by atoms with E-state index in [4.69, 9.17) is 0 Å². The normalized spacial score (nSPS) is 26.8. The van der Waals surface area contributed by atoms with Gasteiger partial charge in [0.05, 0.1) is 0 Å². The summed E-state index contributed by atoms with van der Waals surface area (Å²) in [5.41, 5.74) is 6.77.